The van der Waals surface area contributed by atoms with Gasteiger partial charge in [0.15, 0.2) is 0 Å². The molecular formula is C22H19ClN4O3. The van der Waals surface area contributed by atoms with Crippen molar-refractivity contribution >= 4 is 28.5 Å². The molecule has 152 valence electrons. The van der Waals surface area contributed by atoms with E-state index < -0.39 is 5.97 Å². The van der Waals surface area contributed by atoms with Gasteiger partial charge in [-0.05, 0) is 31.0 Å². The molecule has 0 atom stereocenters. The predicted molar refractivity (Wildman–Crippen MR) is 114 cm³/mol. The maximum absolute atomic E-state index is 12.7. The van der Waals surface area contributed by atoms with E-state index in [1.54, 1.807) is 23.7 Å². The average molecular weight is 423 g/mol. The predicted octanol–water partition coefficient (Wildman–Crippen LogP) is 3.80. The molecule has 0 aliphatic carbocycles. The number of carbonyl (C=O) groups is 1. The monoisotopic (exact) mass is 422 g/mol. The Labute approximate surface area is 177 Å². The van der Waals surface area contributed by atoms with Crippen LogP contribution in [0.2, 0.25) is 5.15 Å². The summed E-state index contributed by atoms with van der Waals surface area (Å²) in [6.07, 6.45) is 0. The van der Waals surface area contributed by atoms with Gasteiger partial charge in [0.2, 0.25) is 0 Å². The van der Waals surface area contributed by atoms with Crippen LogP contribution >= 0.6 is 11.6 Å². The summed E-state index contributed by atoms with van der Waals surface area (Å²) in [5.41, 5.74) is 2.85. The van der Waals surface area contributed by atoms with Crippen LogP contribution in [0.15, 0.2) is 53.3 Å². The molecular weight excluding hydrogens is 404 g/mol. The Morgan fingerprint density at radius 3 is 2.67 bits per heavy atom. The SMILES string of the molecule is Cc1nn(Cc2ccccc2)c(Cl)c1C(=O)OCc1nc2c(C)cccc2c(=O)[nH]1. The molecule has 8 heteroatoms. The zero-order valence-corrected chi connectivity index (χ0v) is 17.2. The number of aryl methyl sites for hydroxylation is 2. The van der Waals surface area contributed by atoms with Crippen LogP contribution in [0, 0.1) is 13.8 Å². The van der Waals surface area contributed by atoms with E-state index >= 15 is 0 Å². The Balaban J connectivity index is 1.54. The molecule has 30 heavy (non-hydrogen) atoms. The Kier molecular flexibility index (Phi) is 5.37. The number of nitrogens with one attached hydrogen (secondary N) is 1. The molecule has 2 aromatic carbocycles. The van der Waals surface area contributed by atoms with Crippen molar-refractivity contribution in [3.8, 4) is 0 Å². The van der Waals surface area contributed by atoms with Crippen LogP contribution in [-0.2, 0) is 17.9 Å². The lowest BCUT2D eigenvalue weighted by atomic mass is 10.1. The van der Waals surface area contributed by atoms with Crippen molar-refractivity contribution in [2.24, 2.45) is 0 Å². The topological polar surface area (TPSA) is 89.9 Å². The Morgan fingerprint density at radius 1 is 1.13 bits per heavy atom. The van der Waals surface area contributed by atoms with Crippen LogP contribution in [0.25, 0.3) is 10.9 Å². The van der Waals surface area contributed by atoms with Crippen molar-refractivity contribution in [1.29, 1.82) is 0 Å². The first kappa shape index (κ1) is 19.8. The van der Waals surface area contributed by atoms with E-state index in [0.717, 1.165) is 11.1 Å². The third kappa shape index (κ3) is 3.84. The first-order valence-corrected chi connectivity index (χ1v) is 9.74. The van der Waals surface area contributed by atoms with Crippen molar-refractivity contribution in [2.75, 3.05) is 0 Å². The van der Waals surface area contributed by atoms with Crippen molar-refractivity contribution < 1.29 is 9.53 Å². The molecule has 0 aliphatic heterocycles. The van der Waals surface area contributed by atoms with Gasteiger partial charge < -0.3 is 9.72 Å². The van der Waals surface area contributed by atoms with E-state index in [2.05, 4.69) is 15.1 Å². The molecule has 0 fully saturated rings. The molecule has 1 N–H and O–H groups in total. The number of hydrogen-bond acceptors (Lipinski definition) is 5. The number of halogens is 1. The number of benzene rings is 2. The smallest absolute Gasteiger partial charge is 0.343 e. The van der Waals surface area contributed by atoms with Crippen LogP contribution < -0.4 is 5.56 Å². The Hall–Kier alpha value is -3.45. The minimum atomic E-state index is -0.621. The molecule has 0 spiro atoms. The molecule has 0 unspecified atom stereocenters. The van der Waals surface area contributed by atoms with Gasteiger partial charge in [0.05, 0.1) is 23.1 Å². The molecule has 0 radical (unpaired) electrons. The van der Waals surface area contributed by atoms with Gasteiger partial charge in [0.1, 0.15) is 23.1 Å². The summed E-state index contributed by atoms with van der Waals surface area (Å²) >= 11 is 6.41. The minimum absolute atomic E-state index is 0.183. The summed E-state index contributed by atoms with van der Waals surface area (Å²) in [5.74, 6) is -0.357. The molecule has 0 aliphatic rings. The number of para-hydroxylation sites is 1. The summed E-state index contributed by atoms with van der Waals surface area (Å²) < 4.78 is 6.93. The molecule has 4 rings (SSSR count). The number of esters is 1. The molecule has 7 nitrogen and oxygen atoms in total. The van der Waals surface area contributed by atoms with Gasteiger partial charge in [-0.2, -0.15) is 5.10 Å². The van der Waals surface area contributed by atoms with Crippen molar-refractivity contribution in [3.63, 3.8) is 0 Å². The van der Waals surface area contributed by atoms with E-state index in [1.165, 1.54) is 0 Å². The van der Waals surface area contributed by atoms with Gasteiger partial charge in [-0.15, -0.1) is 0 Å². The first-order chi connectivity index (χ1) is 14.4. The Bertz CT molecular complexity index is 1300. The first-order valence-electron chi connectivity index (χ1n) is 9.36. The summed E-state index contributed by atoms with van der Waals surface area (Å²) in [6, 6.07) is 15.1. The highest BCUT2D eigenvalue weighted by atomic mass is 35.5. The van der Waals surface area contributed by atoms with Crippen molar-refractivity contribution in [3.05, 3.63) is 92.2 Å². The van der Waals surface area contributed by atoms with E-state index in [1.807, 2.05) is 43.3 Å². The fraction of sp³-hybridized carbons (Fsp3) is 0.182. The van der Waals surface area contributed by atoms with E-state index in [-0.39, 0.29) is 28.7 Å². The van der Waals surface area contributed by atoms with Gasteiger partial charge in [0, 0.05) is 0 Å². The quantitative estimate of drug-likeness (QED) is 0.494. The highest BCUT2D eigenvalue weighted by molar-refractivity contribution is 6.32. The van der Waals surface area contributed by atoms with Gasteiger partial charge in [0.25, 0.3) is 5.56 Å². The molecule has 4 aromatic rings. The second-order valence-electron chi connectivity index (χ2n) is 6.95. The summed E-state index contributed by atoms with van der Waals surface area (Å²) in [4.78, 5) is 32.0. The zero-order valence-electron chi connectivity index (χ0n) is 16.5. The third-order valence-corrected chi connectivity index (χ3v) is 5.16. The maximum atomic E-state index is 12.7. The normalized spacial score (nSPS) is 11.0. The molecule has 0 amide bonds. The number of fused-ring (bicyclic) bond motifs is 1. The summed E-state index contributed by atoms with van der Waals surface area (Å²) in [7, 11) is 0. The van der Waals surface area contributed by atoms with Gasteiger partial charge in [-0.1, -0.05) is 54.1 Å². The lowest BCUT2D eigenvalue weighted by Gasteiger charge is -2.07. The second-order valence-corrected chi connectivity index (χ2v) is 7.31. The van der Waals surface area contributed by atoms with Crippen LogP contribution in [-0.4, -0.2) is 25.7 Å². The maximum Gasteiger partial charge on any atom is 0.343 e. The molecule has 2 aromatic heterocycles. The minimum Gasteiger partial charge on any atom is -0.454 e. The molecule has 2 heterocycles. The van der Waals surface area contributed by atoms with Crippen LogP contribution in [0.4, 0.5) is 0 Å². The van der Waals surface area contributed by atoms with Crippen LogP contribution in [0.3, 0.4) is 0 Å². The van der Waals surface area contributed by atoms with Gasteiger partial charge >= 0.3 is 5.97 Å². The number of rotatable bonds is 5. The van der Waals surface area contributed by atoms with E-state index in [4.69, 9.17) is 16.3 Å². The van der Waals surface area contributed by atoms with E-state index in [0.29, 0.717) is 23.1 Å². The Morgan fingerprint density at radius 2 is 1.90 bits per heavy atom. The standard InChI is InChI=1S/C22H19ClN4O3/c1-13-7-6-10-16-19(13)24-17(25-21(16)28)12-30-22(29)18-14(2)26-27(20(18)23)11-15-8-4-3-5-9-15/h3-10H,11-12H2,1-2H3,(H,24,25,28). The number of nitrogens with zero attached hydrogens (tertiary/aromatic N) is 3. The highest BCUT2D eigenvalue weighted by Gasteiger charge is 2.22. The summed E-state index contributed by atoms with van der Waals surface area (Å²) in [5, 5.41) is 5.06. The lowest BCUT2D eigenvalue weighted by molar-refractivity contribution is 0.0461. The second kappa shape index (κ2) is 8.12. The van der Waals surface area contributed by atoms with E-state index in [9.17, 15) is 9.59 Å². The highest BCUT2D eigenvalue weighted by Crippen LogP contribution is 2.22. The van der Waals surface area contributed by atoms with Crippen LogP contribution in [0.1, 0.15) is 33.0 Å². The number of H-pyrrole nitrogens is 1. The third-order valence-electron chi connectivity index (χ3n) is 4.77. The number of carbonyl (C=O) groups excluding carboxylic acids is 1. The lowest BCUT2D eigenvalue weighted by Crippen LogP contribution is -2.15. The fourth-order valence-corrected chi connectivity index (χ4v) is 3.58. The van der Waals surface area contributed by atoms with Crippen LogP contribution in [0.5, 0.6) is 0 Å². The average Bonchev–Trinajstić information content (AvgIpc) is 3.01. The fourth-order valence-electron chi connectivity index (χ4n) is 3.27. The number of ether oxygens (including phenoxy) is 1. The molecule has 0 saturated carbocycles. The summed E-state index contributed by atoms with van der Waals surface area (Å²) in [6.45, 7) is 3.82. The van der Waals surface area contributed by atoms with Gasteiger partial charge in [-0.3, -0.25) is 4.79 Å². The van der Waals surface area contributed by atoms with Gasteiger partial charge in [-0.25, -0.2) is 14.5 Å². The zero-order chi connectivity index (χ0) is 21.3. The van der Waals surface area contributed by atoms with Crippen molar-refractivity contribution in [1.82, 2.24) is 19.7 Å². The number of hydrogen-bond donors (Lipinski definition) is 1. The largest absolute Gasteiger partial charge is 0.454 e. The molecule has 0 saturated heterocycles. The number of aromatic amines is 1. The molecule has 0 bridgehead atoms. The van der Waals surface area contributed by atoms with Crippen molar-refractivity contribution in [2.45, 2.75) is 27.0 Å². The number of aromatic nitrogens is 4.